The molecule has 1 aromatic heterocycles. The number of sulfone groups is 1. The number of aromatic amines is 1. The van der Waals surface area contributed by atoms with Crippen molar-refractivity contribution in [2.75, 3.05) is 11.1 Å². The largest absolute Gasteiger partial charge is 0.325 e. The van der Waals surface area contributed by atoms with Crippen LogP contribution in [0.1, 0.15) is 16.7 Å². The summed E-state index contributed by atoms with van der Waals surface area (Å²) in [7, 11) is -4.09. The molecule has 2 aromatic carbocycles. The van der Waals surface area contributed by atoms with E-state index in [1.165, 1.54) is 12.1 Å². The summed E-state index contributed by atoms with van der Waals surface area (Å²) in [5.74, 6) is -0.279. The SMILES string of the molecule is Cc1cc(C)cc(NC(=O)CSc2ncc(S(=O)(=O)c3ccc(C)c(Cl)c3)c(=O)[nH]2)c1. The number of aryl methyl sites for hydroxylation is 3. The second-order valence-electron chi connectivity index (χ2n) is 7.01. The summed E-state index contributed by atoms with van der Waals surface area (Å²) in [6.45, 7) is 5.62. The maximum Gasteiger partial charge on any atom is 0.270 e. The number of nitrogens with one attached hydrogen (secondary N) is 2. The van der Waals surface area contributed by atoms with Crippen LogP contribution in [0.2, 0.25) is 5.02 Å². The van der Waals surface area contributed by atoms with Crippen molar-refractivity contribution in [2.24, 2.45) is 0 Å². The molecule has 162 valence electrons. The molecule has 2 N–H and O–H groups in total. The predicted molar refractivity (Wildman–Crippen MR) is 122 cm³/mol. The van der Waals surface area contributed by atoms with E-state index in [9.17, 15) is 18.0 Å². The van der Waals surface area contributed by atoms with Gasteiger partial charge in [0.25, 0.3) is 5.56 Å². The van der Waals surface area contributed by atoms with Crippen LogP contribution in [0.4, 0.5) is 5.69 Å². The van der Waals surface area contributed by atoms with E-state index in [2.05, 4.69) is 15.3 Å². The van der Waals surface area contributed by atoms with Gasteiger partial charge in [-0.3, -0.25) is 9.59 Å². The first kappa shape index (κ1) is 23.1. The zero-order valence-corrected chi connectivity index (χ0v) is 19.4. The Morgan fingerprint density at radius 3 is 2.42 bits per heavy atom. The third-order valence-corrected chi connectivity index (χ3v) is 7.37. The molecule has 0 aliphatic carbocycles. The normalized spacial score (nSPS) is 11.4. The highest BCUT2D eigenvalue weighted by atomic mass is 35.5. The minimum Gasteiger partial charge on any atom is -0.325 e. The van der Waals surface area contributed by atoms with Gasteiger partial charge in [-0.1, -0.05) is 35.5 Å². The van der Waals surface area contributed by atoms with E-state index in [-0.39, 0.29) is 26.7 Å². The van der Waals surface area contributed by atoms with Crippen LogP contribution in [0.5, 0.6) is 0 Å². The Bertz CT molecular complexity index is 1300. The standard InChI is InChI=1S/C21H20ClN3O4S2/c1-12-6-13(2)8-15(7-12)24-19(26)11-30-21-23-10-18(20(27)25-21)31(28,29)16-5-4-14(3)17(22)9-16/h4-10H,11H2,1-3H3,(H,24,26)(H,23,25,27). The summed E-state index contributed by atoms with van der Waals surface area (Å²) < 4.78 is 25.5. The van der Waals surface area contributed by atoms with E-state index in [4.69, 9.17) is 11.6 Å². The minimum atomic E-state index is -4.09. The van der Waals surface area contributed by atoms with Crippen LogP contribution in [0.25, 0.3) is 0 Å². The lowest BCUT2D eigenvalue weighted by Gasteiger charge is -2.08. The van der Waals surface area contributed by atoms with Crippen LogP contribution in [-0.2, 0) is 14.6 Å². The number of hydrogen-bond acceptors (Lipinski definition) is 6. The summed E-state index contributed by atoms with van der Waals surface area (Å²) >= 11 is 7.01. The van der Waals surface area contributed by atoms with Crippen LogP contribution in [-0.4, -0.2) is 30.0 Å². The van der Waals surface area contributed by atoms with E-state index >= 15 is 0 Å². The Hall–Kier alpha value is -2.62. The van der Waals surface area contributed by atoms with Crippen molar-refractivity contribution < 1.29 is 13.2 Å². The summed E-state index contributed by atoms with van der Waals surface area (Å²) in [5, 5.41) is 3.21. The van der Waals surface area contributed by atoms with Crippen molar-refractivity contribution in [3.05, 3.63) is 74.7 Å². The molecule has 3 aromatic rings. The van der Waals surface area contributed by atoms with Gasteiger partial charge < -0.3 is 10.3 Å². The van der Waals surface area contributed by atoms with Gasteiger partial charge in [0.05, 0.1) is 16.8 Å². The van der Waals surface area contributed by atoms with Crippen molar-refractivity contribution in [1.82, 2.24) is 9.97 Å². The number of carbonyl (C=O) groups is 1. The van der Waals surface area contributed by atoms with Crippen molar-refractivity contribution in [3.8, 4) is 0 Å². The van der Waals surface area contributed by atoms with Gasteiger partial charge in [0, 0.05) is 10.7 Å². The fourth-order valence-electron chi connectivity index (χ4n) is 2.88. The minimum absolute atomic E-state index is 0.00437. The van der Waals surface area contributed by atoms with Gasteiger partial charge in [0.15, 0.2) is 10.1 Å². The molecule has 0 saturated carbocycles. The number of rotatable bonds is 6. The fraction of sp³-hybridized carbons (Fsp3) is 0.190. The van der Waals surface area contributed by atoms with E-state index in [0.717, 1.165) is 34.6 Å². The van der Waals surface area contributed by atoms with Gasteiger partial charge in [-0.25, -0.2) is 13.4 Å². The lowest BCUT2D eigenvalue weighted by Crippen LogP contribution is -2.20. The fourth-order valence-corrected chi connectivity index (χ4v) is 5.02. The van der Waals surface area contributed by atoms with E-state index in [1.807, 2.05) is 32.0 Å². The van der Waals surface area contributed by atoms with Gasteiger partial charge in [0.2, 0.25) is 15.7 Å². The molecule has 0 atom stereocenters. The van der Waals surface area contributed by atoms with Crippen LogP contribution < -0.4 is 10.9 Å². The number of carbonyl (C=O) groups excluding carboxylic acids is 1. The lowest BCUT2D eigenvalue weighted by molar-refractivity contribution is -0.113. The van der Waals surface area contributed by atoms with Gasteiger partial charge in [-0.2, -0.15) is 0 Å². The number of H-pyrrole nitrogens is 1. The Labute approximate surface area is 189 Å². The van der Waals surface area contributed by atoms with E-state index < -0.39 is 20.3 Å². The molecular weight excluding hydrogens is 458 g/mol. The highest BCUT2D eigenvalue weighted by Gasteiger charge is 2.23. The number of aromatic nitrogens is 2. The molecule has 7 nitrogen and oxygen atoms in total. The third-order valence-electron chi connectivity index (χ3n) is 4.33. The van der Waals surface area contributed by atoms with Gasteiger partial charge >= 0.3 is 0 Å². The van der Waals surface area contributed by atoms with Gasteiger partial charge in [-0.05, 0) is 61.7 Å². The Morgan fingerprint density at radius 1 is 1.13 bits per heavy atom. The predicted octanol–water partition coefficient (Wildman–Crippen LogP) is 3.91. The first-order valence-electron chi connectivity index (χ1n) is 9.18. The van der Waals surface area contributed by atoms with Crippen LogP contribution in [0.3, 0.4) is 0 Å². The van der Waals surface area contributed by atoms with Crippen molar-refractivity contribution in [3.63, 3.8) is 0 Å². The maximum atomic E-state index is 12.8. The van der Waals surface area contributed by atoms with Crippen molar-refractivity contribution in [1.29, 1.82) is 0 Å². The molecule has 1 heterocycles. The number of anilines is 1. The molecule has 1 amide bonds. The zero-order chi connectivity index (χ0) is 22.8. The Balaban J connectivity index is 1.72. The first-order chi connectivity index (χ1) is 14.6. The Kier molecular flexibility index (Phi) is 6.88. The topological polar surface area (TPSA) is 109 Å². The molecule has 3 rings (SSSR count). The van der Waals surface area contributed by atoms with Gasteiger partial charge in [0.1, 0.15) is 0 Å². The van der Waals surface area contributed by atoms with Crippen molar-refractivity contribution in [2.45, 2.75) is 35.7 Å². The quantitative estimate of drug-likeness (QED) is 0.411. The molecule has 10 heteroatoms. The van der Waals surface area contributed by atoms with E-state index in [1.54, 1.807) is 13.0 Å². The third kappa shape index (κ3) is 5.55. The monoisotopic (exact) mass is 477 g/mol. The van der Waals surface area contributed by atoms with Crippen LogP contribution in [0, 0.1) is 20.8 Å². The Morgan fingerprint density at radius 2 is 1.81 bits per heavy atom. The number of benzene rings is 2. The average Bonchev–Trinajstić information content (AvgIpc) is 2.67. The molecule has 0 unspecified atom stereocenters. The highest BCUT2D eigenvalue weighted by Crippen LogP contribution is 2.24. The average molecular weight is 478 g/mol. The molecule has 0 fully saturated rings. The molecular formula is C21H20ClN3O4S2. The van der Waals surface area contributed by atoms with Crippen LogP contribution >= 0.6 is 23.4 Å². The number of amides is 1. The summed E-state index contributed by atoms with van der Waals surface area (Å²) in [4.78, 5) is 30.4. The molecule has 0 aliphatic rings. The second kappa shape index (κ2) is 9.25. The number of hydrogen-bond donors (Lipinski definition) is 2. The van der Waals surface area contributed by atoms with Crippen LogP contribution in [0.15, 0.2) is 62.3 Å². The maximum absolute atomic E-state index is 12.8. The molecule has 0 spiro atoms. The number of halogens is 1. The zero-order valence-electron chi connectivity index (χ0n) is 17.0. The summed E-state index contributed by atoms with van der Waals surface area (Å²) in [6.07, 6.45) is 0.992. The molecule has 0 saturated heterocycles. The highest BCUT2D eigenvalue weighted by molar-refractivity contribution is 7.99. The number of thioether (sulfide) groups is 1. The number of nitrogens with zero attached hydrogens (tertiary/aromatic N) is 1. The van der Waals surface area contributed by atoms with Gasteiger partial charge in [-0.15, -0.1) is 0 Å². The molecule has 0 aliphatic heterocycles. The van der Waals surface area contributed by atoms with E-state index in [0.29, 0.717) is 5.69 Å². The second-order valence-corrected chi connectivity index (χ2v) is 10.3. The summed E-state index contributed by atoms with van der Waals surface area (Å²) in [6, 6.07) is 9.95. The molecule has 0 bridgehead atoms. The lowest BCUT2D eigenvalue weighted by atomic mass is 10.1. The molecule has 0 radical (unpaired) electrons. The smallest absolute Gasteiger partial charge is 0.270 e. The first-order valence-corrected chi connectivity index (χ1v) is 12.0. The molecule has 31 heavy (non-hydrogen) atoms. The summed E-state index contributed by atoms with van der Waals surface area (Å²) in [5.41, 5.74) is 2.64. The van der Waals surface area contributed by atoms with Crippen molar-refractivity contribution >= 4 is 44.8 Å².